The SMILES string of the molecule is CN=C(NCCc1ccc(Cl)nc1)NCC1CCOC1c1ccccc1. The molecule has 0 radical (unpaired) electrons. The van der Waals surface area contributed by atoms with E-state index >= 15 is 0 Å². The molecule has 1 aliphatic rings. The van der Waals surface area contributed by atoms with E-state index in [0.717, 1.165) is 44.1 Å². The molecule has 1 aromatic carbocycles. The number of nitrogens with zero attached hydrogens (tertiary/aromatic N) is 2. The summed E-state index contributed by atoms with van der Waals surface area (Å²) in [6.07, 6.45) is 3.88. The third kappa shape index (κ3) is 5.19. The Labute approximate surface area is 159 Å². The number of aliphatic imine (C=N–C) groups is 1. The Kier molecular flexibility index (Phi) is 6.86. The van der Waals surface area contributed by atoms with Gasteiger partial charge in [-0.1, -0.05) is 48.0 Å². The normalized spacial score (nSPS) is 20.2. The maximum atomic E-state index is 5.95. The minimum Gasteiger partial charge on any atom is -0.373 e. The van der Waals surface area contributed by atoms with Crippen molar-refractivity contribution in [3.05, 3.63) is 64.9 Å². The molecule has 2 N–H and O–H groups in total. The van der Waals surface area contributed by atoms with Crippen molar-refractivity contribution in [3.8, 4) is 0 Å². The first-order valence-corrected chi connectivity index (χ1v) is 9.35. The summed E-state index contributed by atoms with van der Waals surface area (Å²) in [6.45, 7) is 2.43. The summed E-state index contributed by atoms with van der Waals surface area (Å²) < 4.78 is 5.95. The van der Waals surface area contributed by atoms with Crippen molar-refractivity contribution in [2.75, 3.05) is 26.7 Å². The second-order valence-electron chi connectivity index (χ2n) is 6.37. The van der Waals surface area contributed by atoms with Gasteiger partial charge in [0.15, 0.2) is 5.96 Å². The van der Waals surface area contributed by atoms with Crippen LogP contribution in [0.15, 0.2) is 53.7 Å². The topological polar surface area (TPSA) is 58.5 Å². The summed E-state index contributed by atoms with van der Waals surface area (Å²) in [6, 6.07) is 14.2. The summed E-state index contributed by atoms with van der Waals surface area (Å²) in [4.78, 5) is 8.41. The first-order valence-electron chi connectivity index (χ1n) is 8.98. The van der Waals surface area contributed by atoms with E-state index in [2.05, 4.69) is 44.9 Å². The van der Waals surface area contributed by atoms with Crippen molar-refractivity contribution < 1.29 is 4.74 Å². The number of rotatable bonds is 6. The molecule has 1 fully saturated rings. The number of ether oxygens (including phenoxy) is 1. The summed E-state index contributed by atoms with van der Waals surface area (Å²) in [5.41, 5.74) is 2.39. The average Bonchev–Trinajstić information content (AvgIpc) is 3.15. The molecule has 0 bridgehead atoms. The fourth-order valence-corrected chi connectivity index (χ4v) is 3.29. The number of halogens is 1. The standard InChI is InChI=1S/C20H25ClN4O/c1-22-20(23-11-9-15-7-8-18(21)24-13-15)25-14-17-10-12-26-19(17)16-5-3-2-4-6-16/h2-8,13,17,19H,9-12,14H2,1H3,(H2,22,23,25). The summed E-state index contributed by atoms with van der Waals surface area (Å²) in [5, 5.41) is 7.30. The van der Waals surface area contributed by atoms with Crippen LogP contribution in [0.3, 0.4) is 0 Å². The van der Waals surface area contributed by atoms with Crippen LogP contribution in [0.2, 0.25) is 5.15 Å². The van der Waals surface area contributed by atoms with Gasteiger partial charge >= 0.3 is 0 Å². The zero-order valence-electron chi connectivity index (χ0n) is 15.0. The molecule has 0 amide bonds. The van der Waals surface area contributed by atoms with Crippen LogP contribution >= 0.6 is 11.6 Å². The van der Waals surface area contributed by atoms with E-state index in [1.54, 1.807) is 13.2 Å². The fraction of sp³-hybridized carbons (Fsp3) is 0.400. The van der Waals surface area contributed by atoms with Gasteiger partial charge in [0.25, 0.3) is 0 Å². The molecule has 0 saturated carbocycles. The van der Waals surface area contributed by atoms with Crippen molar-refractivity contribution in [2.45, 2.75) is 18.9 Å². The Morgan fingerprint density at radius 1 is 1.23 bits per heavy atom. The quantitative estimate of drug-likeness (QED) is 0.464. The highest BCUT2D eigenvalue weighted by molar-refractivity contribution is 6.29. The van der Waals surface area contributed by atoms with Gasteiger partial charge in [0.05, 0.1) is 6.10 Å². The zero-order chi connectivity index (χ0) is 18.2. The predicted octanol–water partition coefficient (Wildman–Crippen LogP) is 3.22. The van der Waals surface area contributed by atoms with Crippen LogP contribution in [0.1, 0.15) is 23.7 Å². The minimum absolute atomic E-state index is 0.155. The molecule has 3 rings (SSSR count). The minimum atomic E-state index is 0.155. The number of benzene rings is 1. The molecule has 2 unspecified atom stereocenters. The Morgan fingerprint density at radius 2 is 2.08 bits per heavy atom. The van der Waals surface area contributed by atoms with Crippen LogP contribution < -0.4 is 10.6 Å². The van der Waals surface area contributed by atoms with Gasteiger partial charge in [-0.25, -0.2) is 4.98 Å². The number of hydrogen-bond donors (Lipinski definition) is 2. The Bertz CT molecular complexity index is 706. The van der Waals surface area contributed by atoms with Gasteiger partial charge in [0.2, 0.25) is 0 Å². The van der Waals surface area contributed by atoms with Crippen molar-refractivity contribution in [1.29, 1.82) is 0 Å². The molecule has 0 aliphatic carbocycles. The van der Waals surface area contributed by atoms with Gasteiger partial charge in [-0.2, -0.15) is 0 Å². The van der Waals surface area contributed by atoms with Crippen LogP contribution in [0.5, 0.6) is 0 Å². The third-order valence-corrected chi connectivity index (χ3v) is 4.82. The second-order valence-corrected chi connectivity index (χ2v) is 6.76. The van der Waals surface area contributed by atoms with E-state index < -0.39 is 0 Å². The van der Waals surface area contributed by atoms with E-state index in [1.165, 1.54) is 5.56 Å². The molecule has 2 heterocycles. The van der Waals surface area contributed by atoms with Crippen LogP contribution in [-0.4, -0.2) is 37.7 Å². The molecule has 0 spiro atoms. The highest BCUT2D eigenvalue weighted by Crippen LogP contribution is 2.33. The molecule has 26 heavy (non-hydrogen) atoms. The van der Waals surface area contributed by atoms with E-state index in [0.29, 0.717) is 11.1 Å². The maximum absolute atomic E-state index is 5.95. The zero-order valence-corrected chi connectivity index (χ0v) is 15.7. The van der Waals surface area contributed by atoms with Gasteiger partial charge in [-0.05, 0) is 30.0 Å². The lowest BCUT2D eigenvalue weighted by molar-refractivity contribution is 0.0915. The molecule has 2 atom stereocenters. The van der Waals surface area contributed by atoms with Crippen molar-refractivity contribution >= 4 is 17.6 Å². The lowest BCUT2D eigenvalue weighted by atomic mass is 9.95. The molecule has 5 nitrogen and oxygen atoms in total. The highest BCUT2D eigenvalue weighted by Gasteiger charge is 2.29. The number of nitrogens with one attached hydrogen (secondary N) is 2. The monoisotopic (exact) mass is 372 g/mol. The fourth-order valence-electron chi connectivity index (χ4n) is 3.18. The van der Waals surface area contributed by atoms with E-state index in [1.807, 2.05) is 18.2 Å². The summed E-state index contributed by atoms with van der Waals surface area (Å²) >= 11 is 5.81. The smallest absolute Gasteiger partial charge is 0.190 e. The van der Waals surface area contributed by atoms with Crippen molar-refractivity contribution in [2.24, 2.45) is 10.9 Å². The molecule has 1 saturated heterocycles. The molecular formula is C20H25ClN4O. The van der Waals surface area contributed by atoms with Gasteiger partial charge in [-0.3, -0.25) is 4.99 Å². The molecule has 1 aromatic heterocycles. The highest BCUT2D eigenvalue weighted by atomic mass is 35.5. The molecule has 1 aliphatic heterocycles. The predicted molar refractivity (Wildman–Crippen MR) is 106 cm³/mol. The second kappa shape index (κ2) is 9.55. The summed E-state index contributed by atoms with van der Waals surface area (Å²) in [5.74, 6) is 1.25. The molecular weight excluding hydrogens is 348 g/mol. The molecule has 6 heteroatoms. The third-order valence-electron chi connectivity index (χ3n) is 4.59. The van der Waals surface area contributed by atoms with Gasteiger partial charge < -0.3 is 15.4 Å². The van der Waals surface area contributed by atoms with Gasteiger partial charge in [0.1, 0.15) is 5.15 Å². The number of pyridine rings is 1. The van der Waals surface area contributed by atoms with Crippen molar-refractivity contribution in [1.82, 2.24) is 15.6 Å². The van der Waals surface area contributed by atoms with Crippen LogP contribution in [0.4, 0.5) is 0 Å². The average molecular weight is 373 g/mol. The lowest BCUT2D eigenvalue weighted by Crippen LogP contribution is -2.41. The number of guanidine groups is 1. The van der Waals surface area contributed by atoms with E-state index in [-0.39, 0.29) is 6.10 Å². The van der Waals surface area contributed by atoms with Crippen LogP contribution in [0, 0.1) is 5.92 Å². The van der Waals surface area contributed by atoms with Gasteiger partial charge in [0, 0.05) is 38.9 Å². The number of aromatic nitrogens is 1. The molecule has 2 aromatic rings. The Morgan fingerprint density at radius 3 is 2.81 bits per heavy atom. The van der Waals surface area contributed by atoms with Crippen molar-refractivity contribution in [3.63, 3.8) is 0 Å². The van der Waals surface area contributed by atoms with Crippen LogP contribution in [-0.2, 0) is 11.2 Å². The Balaban J connectivity index is 1.45. The Hall–Kier alpha value is -2.11. The first kappa shape index (κ1) is 18.7. The summed E-state index contributed by atoms with van der Waals surface area (Å²) in [7, 11) is 1.79. The van der Waals surface area contributed by atoms with Crippen LogP contribution in [0.25, 0.3) is 0 Å². The number of hydrogen-bond acceptors (Lipinski definition) is 3. The first-order chi connectivity index (χ1) is 12.8. The maximum Gasteiger partial charge on any atom is 0.190 e. The van der Waals surface area contributed by atoms with Gasteiger partial charge in [-0.15, -0.1) is 0 Å². The molecule has 138 valence electrons. The van der Waals surface area contributed by atoms with E-state index in [4.69, 9.17) is 16.3 Å². The lowest BCUT2D eigenvalue weighted by Gasteiger charge is -2.20. The largest absolute Gasteiger partial charge is 0.373 e. The van der Waals surface area contributed by atoms with E-state index in [9.17, 15) is 0 Å².